The van der Waals surface area contributed by atoms with Gasteiger partial charge >= 0.3 is 0 Å². The summed E-state index contributed by atoms with van der Waals surface area (Å²) in [7, 11) is 0. The number of hydrazine groups is 1. The molecule has 1 heterocycles. The van der Waals surface area contributed by atoms with Gasteiger partial charge in [-0.05, 0) is 24.3 Å². The van der Waals surface area contributed by atoms with E-state index in [1.165, 1.54) is 16.2 Å². The fraction of sp³-hybridized carbons (Fsp3) is 0.133. The van der Waals surface area contributed by atoms with Crippen molar-refractivity contribution in [1.82, 2.24) is 4.98 Å². The average molecular weight is 303 g/mol. The van der Waals surface area contributed by atoms with E-state index in [1.807, 2.05) is 18.2 Å². The quantitative estimate of drug-likeness (QED) is 0.478. The number of nitrogens with two attached hydrogens (primary N) is 1. The highest BCUT2D eigenvalue weighted by Crippen LogP contribution is 2.27. The molecule has 0 saturated heterocycles. The van der Waals surface area contributed by atoms with E-state index in [0.717, 1.165) is 28.0 Å². The Hall–Kier alpha value is -1.56. The van der Waals surface area contributed by atoms with Crippen molar-refractivity contribution in [3.63, 3.8) is 0 Å². The molecule has 104 valence electrons. The first-order valence-electron chi connectivity index (χ1n) is 6.20. The largest absolute Gasteiger partial charge is 0.285 e. The number of hydrogen-bond acceptors (Lipinski definition) is 5. The fourth-order valence-electron chi connectivity index (χ4n) is 1.62. The minimum absolute atomic E-state index is 0.736. The van der Waals surface area contributed by atoms with Crippen molar-refractivity contribution in [2.75, 3.05) is 17.3 Å². The third kappa shape index (κ3) is 3.72. The molecule has 0 spiro atoms. The van der Waals surface area contributed by atoms with E-state index in [2.05, 4.69) is 30.3 Å². The molecular formula is C15H17N3S2. The summed E-state index contributed by atoms with van der Waals surface area (Å²) in [4.78, 5) is 6.70. The number of anilines is 1. The third-order valence-electron chi connectivity index (χ3n) is 2.64. The van der Waals surface area contributed by atoms with Crippen LogP contribution in [0.15, 0.2) is 48.4 Å². The lowest BCUT2D eigenvalue weighted by Gasteiger charge is -2.14. The van der Waals surface area contributed by atoms with Gasteiger partial charge in [-0.3, -0.25) is 5.01 Å². The zero-order valence-electron chi connectivity index (χ0n) is 11.2. The number of rotatable bonds is 7. The van der Waals surface area contributed by atoms with Crippen LogP contribution in [0.25, 0.3) is 12.2 Å². The molecule has 0 radical (unpaired) electrons. The highest BCUT2D eigenvalue weighted by atomic mass is 32.2. The van der Waals surface area contributed by atoms with Crippen LogP contribution >= 0.6 is 23.1 Å². The van der Waals surface area contributed by atoms with Gasteiger partial charge in [-0.25, -0.2) is 10.8 Å². The number of benzene rings is 1. The normalized spacial score (nSPS) is 10.2. The summed E-state index contributed by atoms with van der Waals surface area (Å²) in [5.74, 6) is 6.96. The average Bonchev–Trinajstić information content (AvgIpc) is 2.91. The molecule has 0 aliphatic rings. The summed E-state index contributed by atoms with van der Waals surface area (Å²) in [5.41, 5.74) is 0.839. The molecular weight excluding hydrogens is 286 g/mol. The minimum Gasteiger partial charge on any atom is -0.285 e. The molecule has 0 saturated carbocycles. The van der Waals surface area contributed by atoms with Gasteiger partial charge in [0.25, 0.3) is 0 Å². The van der Waals surface area contributed by atoms with Crippen LogP contribution in [0.4, 0.5) is 5.13 Å². The molecule has 0 bridgehead atoms. The van der Waals surface area contributed by atoms with Crippen molar-refractivity contribution >= 4 is 40.4 Å². The molecule has 1 aromatic carbocycles. The predicted octanol–water partition coefficient (Wildman–Crippen LogP) is 3.90. The van der Waals surface area contributed by atoms with Crippen molar-refractivity contribution < 1.29 is 0 Å². The molecule has 0 aliphatic carbocycles. The predicted molar refractivity (Wildman–Crippen MR) is 91.0 cm³/mol. The van der Waals surface area contributed by atoms with Gasteiger partial charge in [-0.15, -0.1) is 11.8 Å². The van der Waals surface area contributed by atoms with E-state index in [4.69, 9.17) is 5.84 Å². The molecule has 0 aliphatic heterocycles. The van der Waals surface area contributed by atoms with Gasteiger partial charge in [0.2, 0.25) is 5.13 Å². The van der Waals surface area contributed by atoms with E-state index >= 15 is 0 Å². The summed E-state index contributed by atoms with van der Waals surface area (Å²) in [6, 6.07) is 10.3. The second-order valence-electron chi connectivity index (χ2n) is 4.01. The van der Waals surface area contributed by atoms with Gasteiger partial charge in [0.15, 0.2) is 0 Å². The standard InChI is InChI=1S/C15H17N3S2/c1-3-13-14(4-2)20-15(17-13)18(16)10-11-19-12-8-6-5-7-9-12/h3-9H,1-2,10-11,16H2. The van der Waals surface area contributed by atoms with Crippen LogP contribution < -0.4 is 10.9 Å². The Morgan fingerprint density at radius 2 is 2.00 bits per heavy atom. The summed E-state index contributed by atoms with van der Waals surface area (Å²) >= 11 is 3.31. The lowest BCUT2D eigenvalue weighted by Crippen LogP contribution is -2.32. The Labute approximate surface area is 127 Å². The first-order valence-corrected chi connectivity index (χ1v) is 8.00. The molecule has 2 rings (SSSR count). The molecule has 0 unspecified atom stereocenters. The third-order valence-corrected chi connectivity index (χ3v) is 4.73. The monoisotopic (exact) mass is 303 g/mol. The molecule has 20 heavy (non-hydrogen) atoms. The Morgan fingerprint density at radius 1 is 1.25 bits per heavy atom. The minimum atomic E-state index is 0.736. The summed E-state index contributed by atoms with van der Waals surface area (Å²) < 4.78 is 0. The van der Waals surface area contributed by atoms with Gasteiger partial charge in [0.1, 0.15) is 0 Å². The van der Waals surface area contributed by atoms with Crippen LogP contribution in [0.5, 0.6) is 0 Å². The molecule has 2 aromatic rings. The molecule has 0 atom stereocenters. The van der Waals surface area contributed by atoms with Crippen LogP contribution in [-0.2, 0) is 0 Å². The smallest absolute Gasteiger partial charge is 0.200 e. The van der Waals surface area contributed by atoms with Crippen LogP contribution in [0, 0.1) is 0 Å². The van der Waals surface area contributed by atoms with Gasteiger partial charge < -0.3 is 0 Å². The topological polar surface area (TPSA) is 42.2 Å². The maximum absolute atomic E-state index is 6.05. The highest BCUT2D eigenvalue weighted by Gasteiger charge is 2.10. The Kier molecular flexibility index (Phi) is 5.40. The molecule has 0 amide bonds. The maximum Gasteiger partial charge on any atom is 0.200 e. The van der Waals surface area contributed by atoms with Crippen LogP contribution in [0.3, 0.4) is 0 Å². The summed E-state index contributed by atoms with van der Waals surface area (Å²) in [5, 5.41) is 2.48. The molecule has 1 aromatic heterocycles. The van der Waals surface area contributed by atoms with Crippen molar-refractivity contribution in [2.24, 2.45) is 5.84 Å². The fourth-order valence-corrected chi connectivity index (χ4v) is 3.36. The maximum atomic E-state index is 6.05. The molecule has 3 nitrogen and oxygen atoms in total. The number of hydrogen-bond donors (Lipinski definition) is 1. The molecule has 2 N–H and O–H groups in total. The zero-order chi connectivity index (χ0) is 14.4. The van der Waals surface area contributed by atoms with E-state index in [1.54, 1.807) is 28.9 Å². The van der Waals surface area contributed by atoms with Gasteiger partial charge in [0, 0.05) is 17.2 Å². The Morgan fingerprint density at radius 3 is 2.60 bits per heavy atom. The highest BCUT2D eigenvalue weighted by molar-refractivity contribution is 7.99. The van der Waals surface area contributed by atoms with Crippen molar-refractivity contribution in [3.05, 3.63) is 54.1 Å². The second-order valence-corrected chi connectivity index (χ2v) is 6.19. The van der Waals surface area contributed by atoms with Crippen molar-refractivity contribution in [3.8, 4) is 0 Å². The van der Waals surface area contributed by atoms with Gasteiger partial charge in [-0.1, -0.05) is 42.7 Å². The van der Waals surface area contributed by atoms with E-state index in [9.17, 15) is 0 Å². The number of thioether (sulfide) groups is 1. The van der Waals surface area contributed by atoms with Gasteiger partial charge in [0.05, 0.1) is 10.6 Å². The Balaban J connectivity index is 1.91. The molecule has 0 fully saturated rings. The zero-order valence-corrected chi connectivity index (χ0v) is 12.8. The number of thiazole rings is 1. The Bertz CT molecular complexity index is 553. The number of aromatic nitrogens is 1. The van der Waals surface area contributed by atoms with E-state index in [0.29, 0.717) is 0 Å². The van der Waals surface area contributed by atoms with E-state index in [-0.39, 0.29) is 0 Å². The van der Waals surface area contributed by atoms with Crippen LogP contribution in [0.2, 0.25) is 0 Å². The first-order chi connectivity index (χ1) is 9.74. The summed E-state index contributed by atoms with van der Waals surface area (Å²) in [6.45, 7) is 8.26. The first kappa shape index (κ1) is 14.8. The lowest BCUT2D eigenvalue weighted by molar-refractivity contribution is 0.890. The van der Waals surface area contributed by atoms with Crippen LogP contribution in [0.1, 0.15) is 10.6 Å². The number of nitrogens with zero attached hydrogens (tertiary/aromatic N) is 2. The molecule has 5 heteroatoms. The van der Waals surface area contributed by atoms with Crippen molar-refractivity contribution in [1.29, 1.82) is 0 Å². The van der Waals surface area contributed by atoms with E-state index < -0.39 is 0 Å². The van der Waals surface area contributed by atoms with Crippen LogP contribution in [-0.4, -0.2) is 17.3 Å². The van der Waals surface area contributed by atoms with Crippen molar-refractivity contribution in [2.45, 2.75) is 4.90 Å². The second kappa shape index (κ2) is 7.28. The SMILES string of the molecule is C=Cc1nc(N(N)CCSc2ccccc2)sc1C=C. The van der Waals surface area contributed by atoms with Gasteiger partial charge in [-0.2, -0.15) is 0 Å². The lowest BCUT2D eigenvalue weighted by atomic mass is 10.3. The summed E-state index contributed by atoms with van der Waals surface area (Å²) in [6.07, 6.45) is 3.51.